The molecule has 4 amide bonds. The van der Waals surface area contributed by atoms with Crippen LogP contribution >= 0.6 is 0 Å². The largest absolute Gasteiger partial charge is 0.527 e. The third-order valence-electron chi connectivity index (χ3n) is 9.30. The lowest BCUT2D eigenvalue weighted by molar-refractivity contribution is -0.157. The number of hydrogen-bond acceptors (Lipinski definition) is 12. The third kappa shape index (κ3) is 10.7. The van der Waals surface area contributed by atoms with Crippen molar-refractivity contribution < 1.29 is 47.8 Å². The SMILES string of the molecule is CCCOC(=O)CC[C@H](NC(=O)c1cc(OCC(=O)N2CCC[C@H]2C(=O)NC2CCC2)n(-c2ccccc2)n1)C(=O)N1CCN(OC(=O)OCC)CC1. The van der Waals surface area contributed by atoms with E-state index in [-0.39, 0.29) is 88.3 Å². The Bertz CT molecular complexity index is 1590. The monoisotopic (exact) mass is 739 g/mol. The number of esters is 1. The zero-order chi connectivity index (χ0) is 37.7. The molecule has 5 rings (SSSR count). The van der Waals surface area contributed by atoms with E-state index < -0.39 is 36.0 Å². The van der Waals surface area contributed by atoms with Crippen LogP contribution < -0.4 is 15.4 Å². The highest BCUT2D eigenvalue weighted by Gasteiger charge is 2.36. The van der Waals surface area contributed by atoms with E-state index in [1.54, 1.807) is 31.2 Å². The van der Waals surface area contributed by atoms with Gasteiger partial charge in [-0.3, -0.25) is 24.0 Å². The van der Waals surface area contributed by atoms with Crippen molar-refractivity contribution >= 4 is 35.8 Å². The second-order valence-corrected chi connectivity index (χ2v) is 13.1. The van der Waals surface area contributed by atoms with E-state index in [4.69, 9.17) is 19.0 Å². The van der Waals surface area contributed by atoms with E-state index in [2.05, 4.69) is 15.7 Å². The summed E-state index contributed by atoms with van der Waals surface area (Å²) in [4.78, 5) is 86.1. The molecular formula is C36H49N7O10. The van der Waals surface area contributed by atoms with Crippen molar-refractivity contribution in [3.63, 3.8) is 0 Å². The normalized spacial score (nSPS) is 18.0. The van der Waals surface area contributed by atoms with Gasteiger partial charge >= 0.3 is 12.1 Å². The van der Waals surface area contributed by atoms with Gasteiger partial charge in [-0.15, -0.1) is 5.06 Å². The number of para-hydroxylation sites is 1. The van der Waals surface area contributed by atoms with Gasteiger partial charge in [0.25, 0.3) is 11.8 Å². The summed E-state index contributed by atoms with van der Waals surface area (Å²) < 4.78 is 17.4. The summed E-state index contributed by atoms with van der Waals surface area (Å²) in [6, 6.07) is 8.76. The minimum absolute atomic E-state index is 0.0325. The molecule has 1 aromatic carbocycles. The van der Waals surface area contributed by atoms with Crippen molar-refractivity contribution in [3.8, 4) is 11.6 Å². The fraction of sp³-hybridized carbons (Fsp3) is 0.583. The first-order valence-corrected chi connectivity index (χ1v) is 18.4. The molecule has 0 radical (unpaired) electrons. The van der Waals surface area contributed by atoms with Crippen molar-refractivity contribution in [1.82, 2.24) is 35.3 Å². The molecule has 1 aliphatic carbocycles. The van der Waals surface area contributed by atoms with Gasteiger partial charge < -0.3 is 39.5 Å². The van der Waals surface area contributed by atoms with Gasteiger partial charge in [0.15, 0.2) is 12.3 Å². The molecule has 2 N–H and O–H groups in total. The number of ether oxygens (including phenoxy) is 3. The lowest BCUT2D eigenvalue weighted by atomic mass is 9.93. The number of benzene rings is 1. The van der Waals surface area contributed by atoms with Crippen LogP contribution in [0.4, 0.5) is 4.79 Å². The smallest absolute Gasteiger partial charge is 0.467 e. The number of amides is 4. The molecule has 17 heteroatoms. The van der Waals surface area contributed by atoms with Gasteiger partial charge in [0.2, 0.25) is 17.7 Å². The predicted octanol–water partition coefficient (Wildman–Crippen LogP) is 1.97. The molecule has 3 heterocycles. The molecule has 1 saturated carbocycles. The highest BCUT2D eigenvalue weighted by atomic mass is 16.8. The Morgan fingerprint density at radius 2 is 1.68 bits per heavy atom. The average molecular weight is 740 g/mol. The van der Waals surface area contributed by atoms with Crippen molar-refractivity contribution in [2.75, 3.05) is 52.5 Å². The number of nitrogens with zero attached hydrogens (tertiary/aromatic N) is 5. The second-order valence-electron chi connectivity index (χ2n) is 13.1. The van der Waals surface area contributed by atoms with Crippen molar-refractivity contribution in [3.05, 3.63) is 42.1 Å². The van der Waals surface area contributed by atoms with Gasteiger partial charge in [0.1, 0.15) is 12.1 Å². The summed E-state index contributed by atoms with van der Waals surface area (Å²) in [5, 5.41) is 11.6. The van der Waals surface area contributed by atoms with E-state index in [1.165, 1.54) is 25.6 Å². The van der Waals surface area contributed by atoms with E-state index in [0.717, 1.165) is 19.3 Å². The summed E-state index contributed by atoms with van der Waals surface area (Å²) in [5.41, 5.74) is 0.469. The lowest BCUT2D eigenvalue weighted by Gasteiger charge is -2.35. The van der Waals surface area contributed by atoms with E-state index >= 15 is 0 Å². The predicted molar refractivity (Wildman–Crippen MR) is 188 cm³/mol. The molecule has 0 spiro atoms. The van der Waals surface area contributed by atoms with Gasteiger partial charge in [0, 0.05) is 38.2 Å². The highest BCUT2D eigenvalue weighted by molar-refractivity contribution is 5.96. The molecule has 3 aliphatic rings. The summed E-state index contributed by atoms with van der Waals surface area (Å²) in [5.74, 6) is -2.04. The number of rotatable bonds is 16. The van der Waals surface area contributed by atoms with E-state index in [1.807, 2.05) is 13.0 Å². The van der Waals surface area contributed by atoms with Gasteiger partial charge in [0.05, 0.1) is 32.0 Å². The Hall–Kier alpha value is -5.19. The minimum Gasteiger partial charge on any atom is -0.467 e. The molecule has 17 nitrogen and oxygen atoms in total. The molecule has 2 saturated heterocycles. The third-order valence-corrected chi connectivity index (χ3v) is 9.30. The standard InChI is InChI=1S/C36H49N7O10/c1-3-22-51-32(45)16-15-27(35(48)40-18-20-41(21-19-40)53-36(49)50-4-2)38-33(46)28-23-31(43(39-28)26-12-6-5-7-13-26)52-24-30(44)42-17-9-14-29(42)34(47)37-25-10-8-11-25/h5-7,12-13,23,25,27,29H,3-4,8-11,14-22,24H2,1-2H3,(H,37,47)(H,38,46)/t27-,29-/m0/s1. The molecule has 1 aromatic heterocycles. The minimum atomic E-state index is -1.11. The van der Waals surface area contributed by atoms with Crippen LogP contribution in [0.2, 0.25) is 0 Å². The van der Waals surface area contributed by atoms with Gasteiger partial charge in [-0.1, -0.05) is 25.1 Å². The lowest BCUT2D eigenvalue weighted by Crippen LogP contribution is -2.55. The quantitative estimate of drug-likeness (QED) is 0.239. The second kappa shape index (κ2) is 19.0. The van der Waals surface area contributed by atoms with Crippen LogP contribution in [0.5, 0.6) is 5.88 Å². The first kappa shape index (κ1) is 39.0. The topological polar surface area (TPSA) is 191 Å². The number of piperazine rings is 1. The van der Waals surface area contributed by atoms with Crippen molar-refractivity contribution in [2.24, 2.45) is 0 Å². The molecular weight excluding hydrogens is 690 g/mol. The molecule has 0 unspecified atom stereocenters. The van der Waals surface area contributed by atoms with Crippen molar-refractivity contribution in [1.29, 1.82) is 0 Å². The van der Waals surface area contributed by atoms with Crippen LogP contribution in [-0.2, 0) is 33.5 Å². The average Bonchev–Trinajstić information content (AvgIpc) is 3.82. The van der Waals surface area contributed by atoms with Crippen LogP contribution in [0.15, 0.2) is 36.4 Å². The maximum atomic E-state index is 13.8. The Morgan fingerprint density at radius 1 is 0.925 bits per heavy atom. The molecule has 2 aliphatic heterocycles. The van der Waals surface area contributed by atoms with Gasteiger partial charge in [-0.25, -0.2) is 9.48 Å². The van der Waals surface area contributed by atoms with Crippen LogP contribution in [0.25, 0.3) is 5.69 Å². The molecule has 3 fully saturated rings. The van der Waals surface area contributed by atoms with Crippen LogP contribution in [0.1, 0.15) is 75.7 Å². The van der Waals surface area contributed by atoms with E-state index in [0.29, 0.717) is 31.5 Å². The van der Waals surface area contributed by atoms with Crippen LogP contribution in [0.3, 0.4) is 0 Å². The number of hydrogen-bond donors (Lipinski definition) is 2. The summed E-state index contributed by atoms with van der Waals surface area (Å²) >= 11 is 0. The summed E-state index contributed by atoms with van der Waals surface area (Å²) in [7, 11) is 0. The number of aromatic nitrogens is 2. The molecule has 0 bridgehead atoms. The summed E-state index contributed by atoms with van der Waals surface area (Å²) in [6.07, 6.45) is 3.90. The van der Waals surface area contributed by atoms with Crippen LogP contribution in [0, 0.1) is 0 Å². The number of carbonyl (C=O) groups is 6. The molecule has 2 atom stereocenters. The fourth-order valence-electron chi connectivity index (χ4n) is 6.25. The Morgan fingerprint density at radius 3 is 2.36 bits per heavy atom. The zero-order valence-corrected chi connectivity index (χ0v) is 30.3. The fourth-order valence-corrected chi connectivity index (χ4v) is 6.25. The first-order chi connectivity index (χ1) is 25.7. The molecule has 2 aromatic rings. The van der Waals surface area contributed by atoms with Gasteiger partial charge in [-0.2, -0.15) is 5.10 Å². The molecule has 53 heavy (non-hydrogen) atoms. The zero-order valence-electron chi connectivity index (χ0n) is 30.3. The van der Waals surface area contributed by atoms with E-state index in [9.17, 15) is 28.8 Å². The maximum absolute atomic E-state index is 13.8. The van der Waals surface area contributed by atoms with Gasteiger partial charge in [-0.05, 0) is 64.0 Å². The number of nitrogens with one attached hydrogen (secondary N) is 2. The number of likely N-dealkylation sites (tertiary alicyclic amines) is 1. The Kier molecular flexibility index (Phi) is 14.0. The summed E-state index contributed by atoms with van der Waals surface area (Å²) in [6.45, 7) is 4.79. The molecule has 288 valence electrons. The van der Waals surface area contributed by atoms with Crippen LogP contribution in [-0.4, -0.2) is 131 Å². The van der Waals surface area contributed by atoms with Crippen molar-refractivity contribution in [2.45, 2.75) is 83.3 Å². The highest BCUT2D eigenvalue weighted by Crippen LogP contribution is 2.24. The Balaban J connectivity index is 1.27. The number of carbonyl (C=O) groups excluding carboxylic acids is 6. The Labute approximate surface area is 308 Å². The maximum Gasteiger partial charge on any atom is 0.527 e. The number of hydroxylamine groups is 2. The first-order valence-electron chi connectivity index (χ1n) is 18.4.